The van der Waals surface area contributed by atoms with Crippen molar-refractivity contribution in [2.24, 2.45) is 0 Å². The van der Waals surface area contributed by atoms with Crippen molar-refractivity contribution in [1.82, 2.24) is 29.5 Å². The minimum Gasteiger partial charge on any atom is -0.497 e. The van der Waals surface area contributed by atoms with E-state index in [0.717, 1.165) is 24.4 Å². The molecule has 0 spiro atoms. The van der Waals surface area contributed by atoms with Crippen molar-refractivity contribution >= 4 is 28.9 Å². The van der Waals surface area contributed by atoms with Gasteiger partial charge in [-0.2, -0.15) is 0 Å². The number of nitrogens with zero attached hydrogens (tertiary/aromatic N) is 6. The molecule has 9 heteroatoms. The maximum atomic E-state index is 5.21. The average molecular weight is 404 g/mol. The van der Waals surface area contributed by atoms with E-state index in [9.17, 15) is 0 Å². The van der Waals surface area contributed by atoms with Crippen LogP contribution < -0.4 is 15.4 Å². The van der Waals surface area contributed by atoms with E-state index in [0.29, 0.717) is 23.2 Å². The van der Waals surface area contributed by atoms with Crippen LogP contribution in [0.5, 0.6) is 5.75 Å². The minimum atomic E-state index is 0.142. The van der Waals surface area contributed by atoms with Crippen LogP contribution in [0.3, 0.4) is 0 Å². The zero-order chi connectivity index (χ0) is 20.9. The van der Waals surface area contributed by atoms with Crippen molar-refractivity contribution in [3.05, 3.63) is 54.6 Å². The molecule has 0 fully saturated rings. The highest BCUT2D eigenvalue weighted by molar-refractivity contribution is 5.85. The maximum absolute atomic E-state index is 5.21. The van der Waals surface area contributed by atoms with Gasteiger partial charge in [0.05, 0.1) is 7.11 Å². The maximum Gasteiger partial charge on any atom is 0.229 e. The van der Waals surface area contributed by atoms with Crippen LogP contribution in [0.1, 0.15) is 25.5 Å². The second-order valence-corrected chi connectivity index (χ2v) is 7.02. The highest BCUT2D eigenvalue weighted by Gasteiger charge is 2.18. The monoisotopic (exact) mass is 404 g/mol. The van der Waals surface area contributed by atoms with E-state index < -0.39 is 0 Å². The van der Waals surface area contributed by atoms with Crippen molar-refractivity contribution in [2.75, 3.05) is 24.3 Å². The Balaban J connectivity index is 1.56. The van der Waals surface area contributed by atoms with E-state index in [1.54, 1.807) is 31.9 Å². The second-order valence-electron chi connectivity index (χ2n) is 7.02. The van der Waals surface area contributed by atoms with Gasteiger partial charge in [-0.05, 0) is 44.0 Å². The van der Waals surface area contributed by atoms with Crippen LogP contribution in [-0.4, -0.2) is 43.1 Å². The molecule has 30 heavy (non-hydrogen) atoms. The number of hydrogen-bond donors (Lipinski definition) is 2. The molecule has 3 heterocycles. The minimum absolute atomic E-state index is 0.142. The first-order chi connectivity index (χ1) is 14.7. The summed E-state index contributed by atoms with van der Waals surface area (Å²) in [6, 6.07) is 9.96. The van der Waals surface area contributed by atoms with Gasteiger partial charge in [0, 0.05) is 25.0 Å². The molecule has 3 aromatic heterocycles. The van der Waals surface area contributed by atoms with Crippen molar-refractivity contribution in [2.45, 2.75) is 26.3 Å². The van der Waals surface area contributed by atoms with E-state index in [-0.39, 0.29) is 6.04 Å². The van der Waals surface area contributed by atoms with Gasteiger partial charge in [0.15, 0.2) is 17.0 Å². The van der Waals surface area contributed by atoms with Crippen LogP contribution in [-0.2, 0) is 6.42 Å². The summed E-state index contributed by atoms with van der Waals surface area (Å²) >= 11 is 0. The Kier molecular flexibility index (Phi) is 5.69. The number of methoxy groups -OCH3 is 1. The first-order valence-corrected chi connectivity index (χ1v) is 9.79. The molecule has 4 rings (SSSR count). The summed E-state index contributed by atoms with van der Waals surface area (Å²) in [5, 5.41) is 6.58. The number of hydrogen-bond acceptors (Lipinski definition) is 8. The summed E-state index contributed by atoms with van der Waals surface area (Å²) in [6.45, 7) is 4.88. The number of benzene rings is 1. The van der Waals surface area contributed by atoms with Crippen LogP contribution in [0.4, 0.5) is 17.7 Å². The van der Waals surface area contributed by atoms with E-state index in [2.05, 4.69) is 56.5 Å². The summed E-state index contributed by atoms with van der Waals surface area (Å²) in [7, 11) is 1.67. The third-order valence-corrected chi connectivity index (χ3v) is 4.65. The Morgan fingerprint density at radius 1 is 1.03 bits per heavy atom. The predicted molar refractivity (Wildman–Crippen MR) is 116 cm³/mol. The lowest BCUT2D eigenvalue weighted by Crippen LogP contribution is -2.09. The van der Waals surface area contributed by atoms with Crippen molar-refractivity contribution in [1.29, 1.82) is 0 Å². The third-order valence-electron chi connectivity index (χ3n) is 4.65. The number of nitrogens with one attached hydrogen (secondary N) is 2. The Bertz CT molecular complexity index is 1110. The van der Waals surface area contributed by atoms with Gasteiger partial charge in [-0.3, -0.25) is 9.88 Å². The molecule has 0 radical (unpaired) electrons. The molecule has 4 aromatic rings. The normalized spacial score (nSPS) is 11.1. The fraction of sp³-hybridized carbons (Fsp3) is 0.286. The lowest BCUT2D eigenvalue weighted by atomic mass is 10.1. The topological polar surface area (TPSA) is 103 Å². The number of aromatic nitrogens is 6. The van der Waals surface area contributed by atoms with E-state index in [1.165, 1.54) is 5.56 Å². The van der Waals surface area contributed by atoms with Crippen molar-refractivity contribution in [3.63, 3.8) is 0 Å². The quantitative estimate of drug-likeness (QED) is 0.459. The molecule has 1 aromatic carbocycles. The molecule has 0 saturated carbocycles. The van der Waals surface area contributed by atoms with Crippen molar-refractivity contribution < 1.29 is 4.74 Å². The zero-order valence-corrected chi connectivity index (χ0v) is 17.2. The molecule has 0 bridgehead atoms. The molecule has 0 amide bonds. The number of fused-ring (bicyclic) bond motifs is 1. The first kappa shape index (κ1) is 19.6. The van der Waals surface area contributed by atoms with E-state index in [4.69, 9.17) is 9.72 Å². The number of imidazole rings is 1. The van der Waals surface area contributed by atoms with Gasteiger partial charge in [-0.25, -0.2) is 24.9 Å². The predicted octanol–water partition coefficient (Wildman–Crippen LogP) is 3.60. The second kappa shape index (κ2) is 8.73. The molecule has 9 nitrogen and oxygen atoms in total. The van der Waals surface area contributed by atoms with Crippen LogP contribution in [0.2, 0.25) is 0 Å². The molecule has 0 saturated heterocycles. The van der Waals surface area contributed by atoms with E-state index >= 15 is 0 Å². The molecule has 2 N–H and O–H groups in total. The fourth-order valence-electron chi connectivity index (χ4n) is 3.20. The van der Waals surface area contributed by atoms with Gasteiger partial charge < -0.3 is 10.1 Å². The number of rotatable bonds is 8. The van der Waals surface area contributed by atoms with Gasteiger partial charge >= 0.3 is 0 Å². The van der Waals surface area contributed by atoms with Gasteiger partial charge in [0.2, 0.25) is 11.9 Å². The lowest BCUT2D eigenvalue weighted by Gasteiger charge is -2.12. The summed E-state index contributed by atoms with van der Waals surface area (Å²) in [4.78, 5) is 22.1. The van der Waals surface area contributed by atoms with Crippen LogP contribution in [0.25, 0.3) is 11.2 Å². The Labute approximate surface area is 174 Å². The number of ether oxygens (including phenoxy) is 1. The molecule has 0 unspecified atom stereocenters. The first-order valence-electron chi connectivity index (χ1n) is 9.79. The summed E-state index contributed by atoms with van der Waals surface area (Å²) in [6.07, 6.45) is 5.78. The molecular formula is C21H24N8O. The van der Waals surface area contributed by atoms with Crippen molar-refractivity contribution in [3.8, 4) is 5.75 Å². The van der Waals surface area contributed by atoms with Gasteiger partial charge in [-0.1, -0.05) is 12.1 Å². The largest absolute Gasteiger partial charge is 0.497 e. The third kappa shape index (κ3) is 4.14. The molecule has 154 valence electrons. The highest BCUT2D eigenvalue weighted by Crippen LogP contribution is 2.27. The van der Waals surface area contributed by atoms with Gasteiger partial charge in [0.25, 0.3) is 0 Å². The van der Waals surface area contributed by atoms with Crippen LogP contribution >= 0.6 is 0 Å². The van der Waals surface area contributed by atoms with Gasteiger partial charge in [0.1, 0.15) is 12.1 Å². The molecule has 0 aliphatic rings. The summed E-state index contributed by atoms with van der Waals surface area (Å²) in [5.74, 6) is 2.66. The Hall–Kier alpha value is -3.75. The molecule has 0 aliphatic carbocycles. The zero-order valence-electron chi connectivity index (χ0n) is 17.2. The Morgan fingerprint density at radius 3 is 2.50 bits per heavy atom. The number of anilines is 3. The smallest absolute Gasteiger partial charge is 0.229 e. The molecule has 0 atom stereocenters. The summed E-state index contributed by atoms with van der Waals surface area (Å²) < 4.78 is 7.22. The lowest BCUT2D eigenvalue weighted by molar-refractivity contribution is 0.414. The average Bonchev–Trinajstić information content (AvgIpc) is 3.14. The van der Waals surface area contributed by atoms with Gasteiger partial charge in [-0.15, -0.1) is 0 Å². The standard InChI is InChI=1S/C21H24N8O/c1-14(2)29-19-17(27-21(29)28-20-23-10-4-11-24-20)18(25-13-26-19)22-12-9-15-5-7-16(30-3)8-6-15/h4-8,10-11,13-14H,9,12H2,1-3H3,(H,22,25,26)(H,23,24,27,28). The fourth-order valence-corrected chi connectivity index (χ4v) is 3.20. The Morgan fingerprint density at radius 2 is 1.80 bits per heavy atom. The van der Waals surface area contributed by atoms with E-state index in [1.807, 2.05) is 16.7 Å². The molecule has 0 aliphatic heterocycles. The van der Waals surface area contributed by atoms with Crippen LogP contribution in [0.15, 0.2) is 49.1 Å². The summed E-state index contributed by atoms with van der Waals surface area (Å²) in [5.41, 5.74) is 2.68. The molecular weight excluding hydrogens is 380 g/mol. The SMILES string of the molecule is COc1ccc(CCNc2ncnc3c2nc(Nc2ncccn2)n3C(C)C)cc1. The highest BCUT2D eigenvalue weighted by atomic mass is 16.5. The van der Waals surface area contributed by atoms with Crippen LogP contribution in [0, 0.1) is 0 Å².